The molecule has 19 heavy (non-hydrogen) atoms. The van der Waals surface area contributed by atoms with E-state index >= 15 is 0 Å². The lowest BCUT2D eigenvalue weighted by Gasteiger charge is -2.33. The van der Waals surface area contributed by atoms with Crippen molar-refractivity contribution in [3.8, 4) is 0 Å². The van der Waals surface area contributed by atoms with Crippen LogP contribution in [0.15, 0.2) is 0 Å². The summed E-state index contributed by atoms with van der Waals surface area (Å²) in [5.41, 5.74) is 0. The number of hydrogen-bond acceptors (Lipinski definition) is 5. The minimum atomic E-state index is -1.87. The van der Waals surface area contributed by atoms with Gasteiger partial charge in [-0.05, 0) is 43.4 Å². The molecule has 116 valence electrons. The maximum Gasteiger partial charge on any atom is 0.334 e. The molecule has 1 saturated heterocycles. The Hall–Kier alpha value is 0.234. The fraction of sp³-hybridized carbons (Fsp3) is 1.00. The largest absolute Gasteiger partial charge is 0.398 e. The Kier molecular flexibility index (Phi) is 10.2. The average Bonchev–Trinajstić information content (AvgIpc) is 2.44. The van der Waals surface area contributed by atoms with Crippen LogP contribution in [0.2, 0.25) is 12.6 Å². The molecule has 0 aliphatic carbocycles. The minimum Gasteiger partial charge on any atom is -0.398 e. The van der Waals surface area contributed by atoms with Gasteiger partial charge in [0.15, 0.2) is 0 Å². The Balaban J connectivity index is 0.00000324. The van der Waals surface area contributed by atoms with Crippen molar-refractivity contribution in [2.24, 2.45) is 0 Å². The van der Waals surface area contributed by atoms with Crippen molar-refractivity contribution in [1.82, 2.24) is 15.5 Å². The van der Waals surface area contributed by atoms with Crippen LogP contribution >= 0.6 is 0 Å². The van der Waals surface area contributed by atoms with E-state index in [-0.39, 0.29) is 11.0 Å². The SMILES string of the molecule is CO[Si](C)(CCCNC(C)N1CCNCC1)OC.[SiH4]. The van der Waals surface area contributed by atoms with Gasteiger partial charge < -0.3 is 19.5 Å². The minimum absolute atomic E-state index is 0. The van der Waals surface area contributed by atoms with E-state index in [1.54, 1.807) is 14.2 Å². The maximum absolute atomic E-state index is 5.48. The van der Waals surface area contributed by atoms with E-state index in [4.69, 9.17) is 8.85 Å². The van der Waals surface area contributed by atoms with Gasteiger partial charge in [-0.2, -0.15) is 0 Å². The molecular formula is C12H33N3O2Si2. The monoisotopic (exact) mass is 307 g/mol. The normalized spacial score (nSPS) is 18.9. The third-order valence-electron chi connectivity index (χ3n) is 3.81. The number of piperazine rings is 1. The molecule has 0 saturated carbocycles. The summed E-state index contributed by atoms with van der Waals surface area (Å²) < 4.78 is 11.0. The molecule has 5 nitrogen and oxygen atoms in total. The number of rotatable bonds is 8. The van der Waals surface area contributed by atoms with E-state index in [2.05, 4.69) is 29.0 Å². The van der Waals surface area contributed by atoms with Gasteiger partial charge in [-0.15, -0.1) is 0 Å². The molecule has 1 aliphatic rings. The molecule has 1 rings (SSSR count). The van der Waals surface area contributed by atoms with Crippen LogP contribution in [0.25, 0.3) is 0 Å². The summed E-state index contributed by atoms with van der Waals surface area (Å²) in [5, 5.41) is 6.96. The van der Waals surface area contributed by atoms with Crippen LogP contribution in [-0.4, -0.2) is 77.5 Å². The fourth-order valence-corrected chi connectivity index (χ4v) is 3.60. The predicted molar refractivity (Wildman–Crippen MR) is 88.3 cm³/mol. The molecule has 0 aromatic carbocycles. The molecular weight excluding hydrogens is 274 g/mol. The maximum atomic E-state index is 5.48. The van der Waals surface area contributed by atoms with Gasteiger partial charge >= 0.3 is 8.56 Å². The highest BCUT2D eigenvalue weighted by Gasteiger charge is 2.27. The average molecular weight is 308 g/mol. The van der Waals surface area contributed by atoms with E-state index in [9.17, 15) is 0 Å². The van der Waals surface area contributed by atoms with Crippen LogP contribution in [0.3, 0.4) is 0 Å². The Morgan fingerprint density at radius 3 is 2.37 bits per heavy atom. The highest BCUT2D eigenvalue weighted by Crippen LogP contribution is 2.13. The molecule has 7 heteroatoms. The van der Waals surface area contributed by atoms with Gasteiger partial charge in [0, 0.05) is 40.4 Å². The van der Waals surface area contributed by atoms with Crippen LogP contribution in [-0.2, 0) is 8.85 Å². The van der Waals surface area contributed by atoms with Crippen molar-refractivity contribution < 1.29 is 8.85 Å². The van der Waals surface area contributed by atoms with Crippen LogP contribution in [0.4, 0.5) is 0 Å². The summed E-state index contributed by atoms with van der Waals surface area (Å²) in [6.45, 7) is 9.87. The molecule has 0 aromatic rings. The first-order valence-electron chi connectivity index (χ1n) is 6.90. The molecule has 2 N–H and O–H groups in total. The van der Waals surface area contributed by atoms with Crippen LogP contribution in [0, 0.1) is 0 Å². The van der Waals surface area contributed by atoms with Gasteiger partial charge in [0.25, 0.3) is 0 Å². The topological polar surface area (TPSA) is 45.8 Å². The van der Waals surface area contributed by atoms with Gasteiger partial charge in [-0.3, -0.25) is 4.90 Å². The van der Waals surface area contributed by atoms with Crippen LogP contribution < -0.4 is 10.6 Å². The lowest BCUT2D eigenvalue weighted by molar-refractivity contribution is 0.157. The van der Waals surface area contributed by atoms with E-state index < -0.39 is 8.56 Å². The lowest BCUT2D eigenvalue weighted by atomic mass is 10.3. The Morgan fingerprint density at radius 2 is 1.84 bits per heavy atom. The summed E-state index contributed by atoms with van der Waals surface area (Å²) in [7, 11) is 1.64. The Morgan fingerprint density at radius 1 is 1.26 bits per heavy atom. The number of nitrogens with zero attached hydrogens (tertiary/aromatic N) is 1. The second kappa shape index (κ2) is 10.0. The first-order chi connectivity index (χ1) is 8.61. The Labute approximate surface area is 123 Å². The standard InChI is InChI=1S/C12H29N3O2Si.H4Si/c1-12(15-9-7-13-8-10-15)14-6-5-11-18(4,16-2)17-3;/h12-14H,5-11H2,1-4H3;1H4. The van der Waals surface area contributed by atoms with Gasteiger partial charge in [0.1, 0.15) is 0 Å². The third-order valence-corrected chi connectivity index (χ3v) is 6.80. The zero-order valence-corrected chi connectivity index (χ0v) is 13.3. The van der Waals surface area contributed by atoms with E-state index in [1.807, 2.05) is 0 Å². The zero-order valence-electron chi connectivity index (χ0n) is 12.3. The molecule has 0 amide bonds. The van der Waals surface area contributed by atoms with Crippen LogP contribution in [0.5, 0.6) is 0 Å². The summed E-state index contributed by atoms with van der Waals surface area (Å²) in [6.07, 6.45) is 1.58. The van der Waals surface area contributed by atoms with Crippen molar-refractivity contribution in [2.75, 3.05) is 46.9 Å². The lowest BCUT2D eigenvalue weighted by Crippen LogP contribution is -2.52. The first-order valence-corrected chi connectivity index (χ1v) is 9.42. The van der Waals surface area contributed by atoms with Crippen molar-refractivity contribution >= 4 is 19.5 Å². The van der Waals surface area contributed by atoms with Gasteiger partial charge in [-0.1, -0.05) is 0 Å². The van der Waals surface area contributed by atoms with Crippen LogP contribution in [0.1, 0.15) is 13.3 Å². The molecule has 1 atom stereocenters. The number of hydrogen-bond donors (Lipinski definition) is 2. The highest BCUT2D eigenvalue weighted by molar-refractivity contribution is 6.65. The van der Waals surface area contributed by atoms with Crippen molar-refractivity contribution in [1.29, 1.82) is 0 Å². The summed E-state index contributed by atoms with van der Waals surface area (Å²) in [5.74, 6) is 0. The van der Waals surface area contributed by atoms with E-state index in [0.717, 1.165) is 45.2 Å². The molecule has 0 aromatic heterocycles. The van der Waals surface area contributed by atoms with Gasteiger partial charge in [0.05, 0.1) is 6.17 Å². The molecule has 1 fully saturated rings. The van der Waals surface area contributed by atoms with Crippen molar-refractivity contribution in [2.45, 2.75) is 32.1 Å². The second-order valence-corrected chi connectivity index (χ2v) is 8.65. The highest BCUT2D eigenvalue weighted by atomic mass is 28.4. The second-order valence-electron chi connectivity index (χ2n) is 5.06. The molecule has 1 aliphatic heterocycles. The molecule has 0 bridgehead atoms. The van der Waals surface area contributed by atoms with Gasteiger partial charge in [0.2, 0.25) is 0 Å². The quantitative estimate of drug-likeness (QED) is 0.451. The van der Waals surface area contributed by atoms with Crippen molar-refractivity contribution in [3.63, 3.8) is 0 Å². The summed E-state index contributed by atoms with van der Waals surface area (Å²) >= 11 is 0. The summed E-state index contributed by atoms with van der Waals surface area (Å²) in [4.78, 5) is 2.49. The van der Waals surface area contributed by atoms with E-state index in [1.165, 1.54) is 0 Å². The van der Waals surface area contributed by atoms with Gasteiger partial charge in [-0.25, -0.2) is 0 Å². The third kappa shape index (κ3) is 6.98. The number of nitrogens with one attached hydrogen (secondary N) is 2. The van der Waals surface area contributed by atoms with E-state index in [0.29, 0.717) is 6.17 Å². The Bertz CT molecular complexity index is 225. The first kappa shape index (κ1) is 19.2. The zero-order chi connectivity index (χ0) is 13.4. The predicted octanol–water partition coefficient (Wildman–Crippen LogP) is -0.869. The molecule has 0 spiro atoms. The summed E-state index contributed by atoms with van der Waals surface area (Å²) in [6, 6.07) is 1.04. The smallest absolute Gasteiger partial charge is 0.334 e. The molecule has 1 unspecified atom stereocenters. The molecule has 0 radical (unpaired) electrons. The van der Waals surface area contributed by atoms with Crippen molar-refractivity contribution in [3.05, 3.63) is 0 Å². The fourth-order valence-electron chi connectivity index (χ4n) is 2.21. The molecule has 1 heterocycles.